The molecule has 0 atom stereocenters. The molecule has 1 fully saturated rings. The van der Waals surface area contributed by atoms with Crippen molar-refractivity contribution in [2.45, 2.75) is 51.0 Å². The van der Waals surface area contributed by atoms with Crippen LogP contribution in [0.25, 0.3) is 10.9 Å². The summed E-state index contributed by atoms with van der Waals surface area (Å²) in [7, 11) is 1.32. The molecule has 0 amide bonds. The zero-order valence-electron chi connectivity index (χ0n) is 27.2. The van der Waals surface area contributed by atoms with Gasteiger partial charge in [-0.15, -0.1) is 12.4 Å². The number of ether oxygens (including phenoxy) is 2. The molecule has 8 nitrogen and oxygen atoms in total. The molecule has 2 heterocycles. The summed E-state index contributed by atoms with van der Waals surface area (Å²) in [6.07, 6.45) is 3.76. The summed E-state index contributed by atoms with van der Waals surface area (Å²) in [6, 6.07) is 35.0. The first kappa shape index (κ1) is 34.8. The highest BCUT2D eigenvalue weighted by atomic mass is 35.5. The maximum absolute atomic E-state index is 13.8. The standard InChI is InChI=1S/C39H41N3O5.ClH/c1-46-38(44)33-19-9-8-18-31(33)28-42-37(43)34-20-10-11-21-35(34)41(39(42)45)25-13-12-24-40-26-22-32(23-27-40)47-36(29-14-4-2-5-15-29)30-16-6-3-7-17-30;/h2-11,14-21,32,36H,12-13,22-28H2,1H3;1H. The molecule has 0 unspecified atom stereocenters. The normalized spacial score (nSPS) is 13.8. The molecule has 0 N–H and O–H groups in total. The van der Waals surface area contributed by atoms with Crippen LogP contribution in [0, 0.1) is 0 Å². The van der Waals surface area contributed by atoms with Crippen LogP contribution in [0.4, 0.5) is 0 Å². The smallest absolute Gasteiger partial charge is 0.338 e. The van der Waals surface area contributed by atoms with Crippen LogP contribution in [-0.2, 0) is 22.6 Å². The van der Waals surface area contributed by atoms with E-state index in [2.05, 4.69) is 53.4 Å². The molecule has 0 radical (unpaired) electrons. The number of unbranched alkanes of at least 4 members (excludes halogenated alkanes) is 1. The number of likely N-dealkylation sites (tertiary alicyclic amines) is 1. The number of methoxy groups -OCH3 is 1. The molecule has 0 bridgehead atoms. The lowest BCUT2D eigenvalue weighted by molar-refractivity contribution is -0.0271. The van der Waals surface area contributed by atoms with Gasteiger partial charge in [0.2, 0.25) is 0 Å². The Kier molecular flexibility index (Phi) is 12.0. The summed E-state index contributed by atoms with van der Waals surface area (Å²) in [6.45, 7) is 3.35. The topological polar surface area (TPSA) is 82.8 Å². The van der Waals surface area contributed by atoms with Crippen LogP contribution in [0.2, 0.25) is 0 Å². The second-order valence-electron chi connectivity index (χ2n) is 12.1. The number of esters is 1. The van der Waals surface area contributed by atoms with E-state index in [1.807, 2.05) is 24.3 Å². The van der Waals surface area contributed by atoms with Crippen molar-refractivity contribution in [3.8, 4) is 0 Å². The van der Waals surface area contributed by atoms with E-state index in [0.717, 1.165) is 45.3 Å². The Hall–Kier alpha value is -4.50. The van der Waals surface area contributed by atoms with Gasteiger partial charge in [0, 0.05) is 19.6 Å². The zero-order valence-corrected chi connectivity index (χ0v) is 28.0. The van der Waals surface area contributed by atoms with Gasteiger partial charge in [0.25, 0.3) is 5.56 Å². The fraction of sp³-hybridized carbons (Fsp3) is 0.308. The number of benzene rings is 4. The van der Waals surface area contributed by atoms with Crippen molar-refractivity contribution in [2.24, 2.45) is 0 Å². The molecule has 0 spiro atoms. The van der Waals surface area contributed by atoms with E-state index in [-0.39, 0.29) is 42.4 Å². The molecule has 1 saturated heterocycles. The van der Waals surface area contributed by atoms with Crippen LogP contribution in [-0.4, -0.2) is 52.9 Å². The van der Waals surface area contributed by atoms with Crippen molar-refractivity contribution in [2.75, 3.05) is 26.7 Å². The monoisotopic (exact) mass is 667 g/mol. The number of nitrogens with zero attached hydrogens (tertiary/aromatic N) is 3. The summed E-state index contributed by atoms with van der Waals surface area (Å²) < 4.78 is 14.6. The van der Waals surface area contributed by atoms with Crippen molar-refractivity contribution in [1.29, 1.82) is 0 Å². The number of aryl methyl sites for hydroxylation is 1. The Morgan fingerprint density at radius 2 is 1.33 bits per heavy atom. The quantitative estimate of drug-likeness (QED) is 0.112. The highest BCUT2D eigenvalue weighted by Gasteiger charge is 2.25. The molecule has 4 aromatic carbocycles. The number of rotatable bonds is 12. The molecule has 6 rings (SSSR count). The molecule has 48 heavy (non-hydrogen) atoms. The van der Waals surface area contributed by atoms with Crippen LogP contribution in [0.15, 0.2) is 119 Å². The van der Waals surface area contributed by atoms with Gasteiger partial charge in [-0.1, -0.05) is 91.0 Å². The zero-order chi connectivity index (χ0) is 32.6. The van der Waals surface area contributed by atoms with Gasteiger partial charge < -0.3 is 14.4 Å². The number of aromatic nitrogens is 2. The largest absolute Gasteiger partial charge is 0.465 e. The first-order valence-electron chi connectivity index (χ1n) is 16.4. The lowest BCUT2D eigenvalue weighted by atomic mass is 10.00. The molecule has 5 aromatic rings. The van der Waals surface area contributed by atoms with E-state index in [4.69, 9.17) is 9.47 Å². The summed E-state index contributed by atoms with van der Waals surface area (Å²) in [5, 5.41) is 0.481. The SMILES string of the molecule is COC(=O)c1ccccc1Cn1c(=O)c2ccccc2n(CCCCN2CCC(OC(c3ccccc3)c3ccccc3)CC2)c1=O.Cl. The lowest BCUT2D eigenvalue weighted by Crippen LogP contribution is -2.41. The maximum atomic E-state index is 13.8. The number of para-hydroxylation sites is 1. The van der Waals surface area contributed by atoms with E-state index in [1.165, 1.54) is 22.8 Å². The van der Waals surface area contributed by atoms with E-state index in [1.54, 1.807) is 41.0 Å². The molecule has 0 saturated carbocycles. The van der Waals surface area contributed by atoms with Crippen molar-refractivity contribution in [1.82, 2.24) is 14.0 Å². The van der Waals surface area contributed by atoms with Crippen LogP contribution >= 0.6 is 12.4 Å². The van der Waals surface area contributed by atoms with Crippen LogP contribution in [0.5, 0.6) is 0 Å². The molecular formula is C39H42ClN3O5. The third-order valence-corrected chi connectivity index (χ3v) is 9.06. The first-order valence-corrected chi connectivity index (χ1v) is 16.4. The predicted octanol–water partition coefficient (Wildman–Crippen LogP) is 6.47. The fourth-order valence-electron chi connectivity index (χ4n) is 6.54. The number of hydrogen-bond acceptors (Lipinski definition) is 6. The Balaban J connectivity index is 0.00000451. The molecule has 0 aliphatic carbocycles. The summed E-state index contributed by atoms with van der Waals surface area (Å²) in [4.78, 5) is 42.1. The fourth-order valence-corrected chi connectivity index (χ4v) is 6.54. The third-order valence-electron chi connectivity index (χ3n) is 9.06. The minimum Gasteiger partial charge on any atom is -0.465 e. The van der Waals surface area contributed by atoms with Gasteiger partial charge in [0.05, 0.1) is 36.2 Å². The van der Waals surface area contributed by atoms with Gasteiger partial charge in [0.1, 0.15) is 6.10 Å². The number of halogens is 1. The average Bonchev–Trinajstić information content (AvgIpc) is 3.13. The Bertz CT molecular complexity index is 1880. The van der Waals surface area contributed by atoms with E-state index in [0.29, 0.717) is 28.6 Å². The second kappa shape index (κ2) is 16.6. The number of carbonyl (C=O) groups excluding carboxylic acids is 1. The van der Waals surface area contributed by atoms with E-state index >= 15 is 0 Å². The predicted molar refractivity (Wildman–Crippen MR) is 191 cm³/mol. The summed E-state index contributed by atoms with van der Waals surface area (Å²) in [5.74, 6) is -0.502. The first-order chi connectivity index (χ1) is 23.0. The minimum absolute atomic E-state index is 0. The molecule has 1 aromatic heterocycles. The molecule has 9 heteroatoms. The second-order valence-corrected chi connectivity index (χ2v) is 12.1. The Morgan fingerprint density at radius 1 is 0.750 bits per heavy atom. The number of carbonyl (C=O) groups is 1. The number of piperidine rings is 1. The third kappa shape index (κ3) is 7.96. The maximum Gasteiger partial charge on any atom is 0.338 e. The molecule has 1 aliphatic heterocycles. The van der Waals surface area contributed by atoms with Crippen molar-refractivity contribution < 1.29 is 14.3 Å². The lowest BCUT2D eigenvalue weighted by Gasteiger charge is -2.34. The van der Waals surface area contributed by atoms with Gasteiger partial charge in [0.15, 0.2) is 0 Å². The minimum atomic E-state index is -0.502. The summed E-state index contributed by atoms with van der Waals surface area (Å²) in [5.41, 5.74) is 3.12. The average molecular weight is 668 g/mol. The number of fused-ring (bicyclic) bond motifs is 1. The van der Waals surface area contributed by atoms with Crippen LogP contribution < -0.4 is 11.2 Å². The molecule has 1 aliphatic rings. The number of hydrogen-bond donors (Lipinski definition) is 0. The van der Waals surface area contributed by atoms with Crippen molar-refractivity contribution in [3.05, 3.63) is 152 Å². The van der Waals surface area contributed by atoms with Gasteiger partial charge in [-0.2, -0.15) is 0 Å². The van der Waals surface area contributed by atoms with Crippen molar-refractivity contribution >= 4 is 29.3 Å². The molecule has 250 valence electrons. The van der Waals surface area contributed by atoms with Gasteiger partial charge in [-0.3, -0.25) is 13.9 Å². The van der Waals surface area contributed by atoms with E-state index < -0.39 is 5.97 Å². The van der Waals surface area contributed by atoms with Gasteiger partial charge in [-0.05, 0) is 67.1 Å². The van der Waals surface area contributed by atoms with Gasteiger partial charge >= 0.3 is 11.7 Å². The van der Waals surface area contributed by atoms with Gasteiger partial charge in [-0.25, -0.2) is 9.59 Å². The van der Waals surface area contributed by atoms with Crippen LogP contribution in [0.3, 0.4) is 0 Å². The van der Waals surface area contributed by atoms with Crippen molar-refractivity contribution in [3.63, 3.8) is 0 Å². The van der Waals surface area contributed by atoms with Crippen LogP contribution in [0.1, 0.15) is 58.8 Å². The molecular weight excluding hydrogens is 626 g/mol. The Morgan fingerprint density at radius 3 is 2.00 bits per heavy atom. The van der Waals surface area contributed by atoms with E-state index in [9.17, 15) is 14.4 Å². The Labute approximate surface area is 287 Å². The highest BCUT2D eigenvalue weighted by Crippen LogP contribution is 2.30. The highest BCUT2D eigenvalue weighted by molar-refractivity contribution is 5.91. The summed E-state index contributed by atoms with van der Waals surface area (Å²) >= 11 is 0.